The summed E-state index contributed by atoms with van der Waals surface area (Å²) < 4.78 is 40.6. The second-order valence-electron chi connectivity index (χ2n) is 4.34. The Hall–Kier alpha value is -2.68. The van der Waals surface area contributed by atoms with Gasteiger partial charge < -0.3 is 10.1 Å². The van der Waals surface area contributed by atoms with Gasteiger partial charge in [-0.15, -0.1) is 23.4 Å². The third-order valence-corrected chi connectivity index (χ3v) is 2.90. The molecule has 0 radical (unpaired) electrons. The summed E-state index contributed by atoms with van der Waals surface area (Å²) in [5, 5.41) is 14.2. The van der Waals surface area contributed by atoms with E-state index in [1.54, 1.807) is 18.2 Å². The van der Waals surface area contributed by atoms with Crippen LogP contribution in [0, 0.1) is 0 Å². The van der Waals surface area contributed by atoms with Crippen molar-refractivity contribution >= 4 is 34.1 Å². The van der Waals surface area contributed by atoms with Gasteiger partial charge in [-0.3, -0.25) is 0 Å². The molecule has 10 heteroatoms. The van der Waals surface area contributed by atoms with E-state index in [1.165, 1.54) is 18.2 Å². The molecule has 0 atom stereocenters. The fourth-order valence-corrected chi connectivity index (χ4v) is 1.98. The van der Waals surface area contributed by atoms with E-state index in [2.05, 4.69) is 30.4 Å². The van der Waals surface area contributed by atoms with Gasteiger partial charge in [-0.05, 0) is 29.5 Å². The molecule has 0 amide bonds. The molecule has 0 fully saturated rings. The Balaban J connectivity index is 1.93. The van der Waals surface area contributed by atoms with Gasteiger partial charge in [-0.25, -0.2) is 4.98 Å². The first-order valence-corrected chi connectivity index (χ1v) is 6.57. The van der Waals surface area contributed by atoms with Crippen molar-refractivity contribution in [1.82, 2.24) is 20.4 Å². The zero-order chi connectivity index (χ0) is 16.4. The summed E-state index contributed by atoms with van der Waals surface area (Å²) in [7, 11) is 0. The molecule has 0 unspecified atom stereocenters. The lowest BCUT2D eigenvalue weighted by Crippen LogP contribution is -2.17. The number of nitrogens with one attached hydrogen (secondary N) is 1. The topological polar surface area (TPSA) is 72.8 Å². The van der Waals surface area contributed by atoms with Gasteiger partial charge in [0, 0.05) is 11.8 Å². The molecule has 0 aliphatic heterocycles. The Morgan fingerprint density at radius 1 is 1.09 bits per heavy atom. The van der Waals surface area contributed by atoms with E-state index in [0.29, 0.717) is 16.7 Å². The minimum atomic E-state index is -4.77. The van der Waals surface area contributed by atoms with E-state index < -0.39 is 6.36 Å². The molecule has 0 bridgehead atoms. The first-order valence-electron chi connectivity index (χ1n) is 6.19. The molecular weight excluding hydrogens is 335 g/mol. The average molecular weight is 342 g/mol. The monoisotopic (exact) mass is 341 g/mol. The molecule has 1 aromatic carbocycles. The third kappa shape index (κ3) is 3.75. The number of benzene rings is 1. The first kappa shape index (κ1) is 15.2. The van der Waals surface area contributed by atoms with Crippen LogP contribution < -0.4 is 10.1 Å². The smallest absolute Gasteiger partial charge is 0.406 e. The van der Waals surface area contributed by atoms with Crippen molar-refractivity contribution in [2.45, 2.75) is 6.36 Å². The van der Waals surface area contributed by atoms with Gasteiger partial charge in [-0.2, -0.15) is 0 Å². The number of fused-ring (bicyclic) bond motifs is 1. The molecule has 0 saturated carbocycles. The highest BCUT2D eigenvalue weighted by Crippen LogP contribution is 2.27. The van der Waals surface area contributed by atoms with Crippen LogP contribution in [0.1, 0.15) is 0 Å². The maximum atomic E-state index is 12.3. The summed E-state index contributed by atoms with van der Waals surface area (Å²) in [4.78, 5) is 4.08. The van der Waals surface area contributed by atoms with Gasteiger partial charge in [-0.1, -0.05) is 17.7 Å². The number of hydrogen-bond acceptors (Lipinski definition) is 6. The highest BCUT2D eigenvalue weighted by atomic mass is 35.5. The number of alkyl halides is 3. The molecule has 0 spiro atoms. The summed E-state index contributed by atoms with van der Waals surface area (Å²) in [5.74, 6) is -0.151. The van der Waals surface area contributed by atoms with Gasteiger partial charge >= 0.3 is 6.36 Å². The summed E-state index contributed by atoms with van der Waals surface area (Å²) in [5.41, 5.74) is 1.10. The Morgan fingerprint density at radius 2 is 1.91 bits per heavy atom. The summed E-state index contributed by atoms with van der Waals surface area (Å²) >= 11 is 5.83. The van der Waals surface area contributed by atoms with E-state index in [4.69, 9.17) is 11.6 Å². The molecule has 0 aliphatic rings. The predicted octanol–water partition coefficient (Wildman–Crippen LogP) is 3.72. The van der Waals surface area contributed by atoms with Crippen LogP contribution in [0.5, 0.6) is 5.75 Å². The highest BCUT2D eigenvalue weighted by Gasteiger charge is 2.31. The summed E-state index contributed by atoms with van der Waals surface area (Å²) in [6, 6.07) is 8.45. The van der Waals surface area contributed by atoms with Crippen molar-refractivity contribution < 1.29 is 17.9 Å². The maximum Gasteiger partial charge on any atom is 0.573 e. The number of nitrogens with zero attached hydrogens (tertiary/aromatic N) is 4. The Morgan fingerprint density at radius 3 is 2.70 bits per heavy atom. The van der Waals surface area contributed by atoms with E-state index in [9.17, 15) is 13.2 Å². The standard InChI is InChI=1S/C13H7ClF3N5O/c14-10-5-4-9-11(19-10)12(21-22-20-9)18-7-2-1-3-8(6-7)23-13(15,16)17/h1-6H,(H,18,20,21). The van der Waals surface area contributed by atoms with Gasteiger partial charge in [0.2, 0.25) is 0 Å². The fraction of sp³-hybridized carbons (Fsp3) is 0.0769. The van der Waals surface area contributed by atoms with E-state index in [-0.39, 0.29) is 16.7 Å². The second-order valence-corrected chi connectivity index (χ2v) is 4.73. The van der Waals surface area contributed by atoms with Crippen LogP contribution in [0.4, 0.5) is 24.7 Å². The zero-order valence-electron chi connectivity index (χ0n) is 11.2. The lowest BCUT2D eigenvalue weighted by atomic mass is 10.3. The molecule has 3 aromatic rings. The van der Waals surface area contributed by atoms with Crippen LogP contribution in [0.15, 0.2) is 36.4 Å². The van der Waals surface area contributed by atoms with E-state index >= 15 is 0 Å². The van der Waals surface area contributed by atoms with Crippen LogP contribution in [-0.2, 0) is 0 Å². The molecule has 118 valence electrons. The number of hydrogen-bond donors (Lipinski definition) is 1. The third-order valence-electron chi connectivity index (χ3n) is 2.69. The van der Waals surface area contributed by atoms with Crippen LogP contribution in [0.25, 0.3) is 11.0 Å². The molecule has 6 nitrogen and oxygen atoms in total. The predicted molar refractivity (Wildman–Crippen MR) is 76.5 cm³/mol. The van der Waals surface area contributed by atoms with Crippen LogP contribution >= 0.6 is 11.6 Å². The van der Waals surface area contributed by atoms with Gasteiger partial charge in [0.25, 0.3) is 0 Å². The number of halogens is 4. The molecule has 2 aromatic heterocycles. The number of ether oxygens (including phenoxy) is 1. The number of pyridine rings is 1. The number of rotatable bonds is 3. The lowest BCUT2D eigenvalue weighted by molar-refractivity contribution is -0.274. The SMILES string of the molecule is FC(F)(F)Oc1cccc(Nc2nnnc3ccc(Cl)nc23)c1. The Kier molecular flexibility index (Phi) is 3.87. The molecule has 1 N–H and O–H groups in total. The van der Waals surface area contributed by atoms with E-state index in [1.807, 2.05) is 0 Å². The van der Waals surface area contributed by atoms with Gasteiger partial charge in [0.15, 0.2) is 5.82 Å². The minimum absolute atomic E-state index is 0.210. The van der Waals surface area contributed by atoms with Crippen LogP contribution in [-0.4, -0.2) is 26.8 Å². The second kappa shape index (κ2) is 5.84. The molecule has 0 aliphatic carbocycles. The first-order chi connectivity index (χ1) is 10.9. The average Bonchev–Trinajstić information content (AvgIpc) is 2.46. The van der Waals surface area contributed by atoms with Crippen molar-refractivity contribution in [3.63, 3.8) is 0 Å². The largest absolute Gasteiger partial charge is 0.573 e. The highest BCUT2D eigenvalue weighted by molar-refractivity contribution is 6.29. The van der Waals surface area contributed by atoms with Crippen molar-refractivity contribution in [2.24, 2.45) is 0 Å². The quantitative estimate of drug-likeness (QED) is 0.732. The number of aromatic nitrogens is 4. The maximum absolute atomic E-state index is 12.3. The van der Waals surface area contributed by atoms with Crippen LogP contribution in [0.2, 0.25) is 5.15 Å². The summed E-state index contributed by atoms with van der Waals surface area (Å²) in [6.07, 6.45) is -4.77. The normalized spacial score (nSPS) is 11.5. The lowest BCUT2D eigenvalue weighted by Gasteiger charge is -2.11. The van der Waals surface area contributed by atoms with Crippen molar-refractivity contribution in [1.29, 1.82) is 0 Å². The summed E-state index contributed by atoms with van der Waals surface area (Å²) in [6.45, 7) is 0. The zero-order valence-corrected chi connectivity index (χ0v) is 11.9. The van der Waals surface area contributed by atoms with Crippen LogP contribution in [0.3, 0.4) is 0 Å². The minimum Gasteiger partial charge on any atom is -0.406 e. The molecule has 0 saturated heterocycles. The molecule has 23 heavy (non-hydrogen) atoms. The Labute approximate surface area is 132 Å². The van der Waals surface area contributed by atoms with Crippen molar-refractivity contribution in [3.05, 3.63) is 41.6 Å². The van der Waals surface area contributed by atoms with Crippen molar-refractivity contribution in [2.75, 3.05) is 5.32 Å². The molecule has 3 rings (SSSR count). The van der Waals surface area contributed by atoms with Crippen molar-refractivity contribution in [3.8, 4) is 5.75 Å². The number of anilines is 2. The Bertz CT molecular complexity index is 858. The molecule has 2 heterocycles. The van der Waals surface area contributed by atoms with E-state index in [0.717, 1.165) is 0 Å². The fourth-order valence-electron chi connectivity index (χ4n) is 1.84. The van der Waals surface area contributed by atoms with Gasteiger partial charge in [0.1, 0.15) is 21.9 Å². The van der Waals surface area contributed by atoms with Gasteiger partial charge in [0.05, 0.1) is 0 Å². The molecular formula is C13H7ClF3N5O.